The number of nitrogens with zero attached hydrogens (tertiary/aromatic N) is 3. The molecule has 4 unspecified atom stereocenters. The summed E-state index contributed by atoms with van der Waals surface area (Å²) in [7, 11) is -3.90. The molecule has 0 aliphatic carbocycles. The molecule has 2 saturated heterocycles. The molecule has 0 amide bonds. The first kappa shape index (κ1) is 21.6. The molecular formula is C21H25N5O4S. The highest BCUT2D eigenvalue weighted by Gasteiger charge is 2.49. The normalized spacial score (nSPS) is 25.7. The Kier molecular flexibility index (Phi) is 5.70. The van der Waals surface area contributed by atoms with Gasteiger partial charge in [0.05, 0.1) is 41.5 Å². The summed E-state index contributed by atoms with van der Waals surface area (Å²) >= 11 is 0. The molecule has 0 saturated carbocycles. The Morgan fingerprint density at radius 2 is 1.77 bits per heavy atom. The van der Waals surface area contributed by atoms with Crippen molar-refractivity contribution in [3.63, 3.8) is 0 Å². The highest BCUT2D eigenvalue weighted by molar-refractivity contribution is 7.89. The molecule has 31 heavy (non-hydrogen) atoms. The molecule has 2 aliphatic rings. The number of nitriles is 1. The van der Waals surface area contributed by atoms with Gasteiger partial charge in [-0.1, -0.05) is 32.9 Å². The monoisotopic (exact) mass is 443 g/mol. The number of anilines is 1. The Bertz CT molecular complexity index is 1110. The minimum Gasteiger partial charge on any atom is -0.371 e. The lowest BCUT2D eigenvalue weighted by Crippen LogP contribution is -2.44. The number of aromatic nitrogens is 2. The highest BCUT2D eigenvalue weighted by atomic mass is 32.2. The summed E-state index contributed by atoms with van der Waals surface area (Å²) in [6.45, 7) is 6.75. The molecule has 10 heteroatoms. The summed E-state index contributed by atoms with van der Waals surface area (Å²) in [6, 6.07) is 9.13. The predicted molar refractivity (Wildman–Crippen MR) is 113 cm³/mol. The van der Waals surface area contributed by atoms with Gasteiger partial charge in [0.15, 0.2) is 0 Å². The molecular weight excluding hydrogens is 418 g/mol. The standard InChI is InChI=1S/C21H25N5O4S/c1-21(2,3)17-8-9-23-20(25-17)24-14-11-29-19-15(12-30-18(14)19)26-31(27,28)16-7-5-4-6-13(16)10-22/h4-9,14-15,18-19,26H,11-12H2,1-3H3,(H,23,24,25). The van der Waals surface area contributed by atoms with Crippen molar-refractivity contribution in [2.45, 2.75) is 55.4 Å². The molecule has 2 aromatic rings. The minimum atomic E-state index is -3.90. The molecule has 0 bridgehead atoms. The van der Waals surface area contributed by atoms with Crippen molar-refractivity contribution >= 4 is 16.0 Å². The van der Waals surface area contributed by atoms with E-state index in [0.717, 1.165) is 5.69 Å². The van der Waals surface area contributed by atoms with Gasteiger partial charge in [-0.05, 0) is 18.2 Å². The molecule has 4 rings (SSSR count). The van der Waals surface area contributed by atoms with E-state index in [9.17, 15) is 13.7 Å². The van der Waals surface area contributed by atoms with E-state index in [-0.39, 0.29) is 34.6 Å². The average molecular weight is 444 g/mol. The van der Waals surface area contributed by atoms with E-state index >= 15 is 0 Å². The fraction of sp³-hybridized carbons (Fsp3) is 0.476. The number of rotatable bonds is 5. The summed E-state index contributed by atoms with van der Waals surface area (Å²) in [5.74, 6) is 0.484. The molecule has 1 aromatic carbocycles. The van der Waals surface area contributed by atoms with Gasteiger partial charge in [-0.25, -0.2) is 23.1 Å². The number of fused-ring (bicyclic) bond motifs is 1. The van der Waals surface area contributed by atoms with E-state index < -0.39 is 22.2 Å². The number of sulfonamides is 1. The van der Waals surface area contributed by atoms with Gasteiger partial charge in [-0.2, -0.15) is 5.26 Å². The Hall–Kier alpha value is -2.58. The third-order valence-corrected chi connectivity index (χ3v) is 6.94. The molecule has 4 atom stereocenters. The van der Waals surface area contributed by atoms with E-state index in [2.05, 4.69) is 40.8 Å². The highest BCUT2D eigenvalue weighted by Crippen LogP contribution is 2.30. The maximum atomic E-state index is 12.9. The average Bonchev–Trinajstić information content (AvgIpc) is 3.31. The van der Waals surface area contributed by atoms with Crippen LogP contribution in [0.3, 0.4) is 0 Å². The van der Waals surface area contributed by atoms with Crippen LogP contribution >= 0.6 is 0 Å². The van der Waals surface area contributed by atoms with Crippen molar-refractivity contribution in [1.29, 1.82) is 5.26 Å². The zero-order chi connectivity index (χ0) is 22.2. The largest absolute Gasteiger partial charge is 0.371 e. The smallest absolute Gasteiger partial charge is 0.242 e. The van der Waals surface area contributed by atoms with E-state index in [4.69, 9.17) is 9.47 Å². The van der Waals surface area contributed by atoms with Gasteiger partial charge >= 0.3 is 0 Å². The molecule has 0 spiro atoms. The maximum absolute atomic E-state index is 12.9. The minimum absolute atomic E-state index is 0.0546. The lowest BCUT2D eigenvalue weighted by molar-refractivity contribution is 0.0690. The Labute approximate surface area is 181 Å². The van der Waals surface area contributed by atoms with Gasteiger partial charge in [0.25, 0.3) is 0 Å². The van der Waals surface area contributed by atoms with Crippen molar-refractivity contribution in [3.8, 4) is 6.07 Å². The molecule has 2 aliphatic heterocycles. The molecule has 0 radical (unpaired) electrons. The van der Waals surface area contributed by atoms with E-state index in [1.54, 1.807) is 18.3 Å². The van der Waals surface area contributed by atoms with Gasteiger partial charge in [0.1, 0.15) is 18.3 Å². The number of ether oxygens (including phenoxy) is 2. The molecule has 3 heterocycles. The first-order chi connectivity index (χ1) is 14.7. The first-order valence-corrected chi connectivity index (χ1v) is 11.5. The topological polar surface area (TPSA) is 126 Å². The summed E-state index contributed by atoms with van der Waals surface area (Å²) < 4.78 is 40.1. The van der Waals surface area contributed by atoms with E-state index in [1.807, 2.05) is 12.1 Å². The summed E-state index contributed by atoms with van der Waals surface area (Å²) in [5.41, 5.74) is 0.893. The third kappa shape index (κ3) is 4.41. The fourth-order valence-corrected chi connectivity index (χ4v) is 5.18. The third-order valence-electron chi connectivity index (χ3n) is 5.40. The SMILES string of the molecule is CC(C)(C)c1ccnc(NC2COC3C(NS(=O)(=O)c4ccccc4C#N)COC23)n1. The van der Waals surface area contributed by atoms with Crippen LogP contribution in [0.5, 0.6) is 0 Å². The van der Waals surface area contributed by atoms with Crippen LogP contribution in [0.2, 0.25) is 0 Å². The van der Waals surface area contributed by atoms with Gasteiger partial charge in [-0.3, -0.25) is 0 Å². The second kappa shape index (κ2) is 8.16. The fourth-order valence-electron chi connectivity index (χ4n) is 3.79. The molecule has 9 nitrogen and oxygen atoms in total. The molecule has 2 N–H and O–H groups in total. The van der Waals surface area contributed by atoms with Crippen molar-refractivity contribution in [2.24, 2.45) is 0 Å². The van der Waals surface area contributed by atoms with Crippen LogP contribution in [-0.2, 0) is 24.9 Å². The number of hydrogen-bond donors (Lipinski definition) is 2. The van der Waals surface area contributed by atoms with Crippen LogP contribution in [-0.4, -0.2) is 55.9 Å². The van der Waals surface area contributed by atoms with E-state index in [1.165, 1.54) is 12.1 Å². The zero-order valence-corrected chi connectivity index (χ0v) is 18.4. The maximum Gasteiger partial charge on any atom is 0.242 e. The van der Waals surface area contributed by atoms with Crippen molar-refractivity contribution < 1.29 is 17.9 Å². The summed E-state index contributed by atoms with van der Waals surface area (Å²) in [6.07, 6.45) is 0.913. The number of hydrogen-bond acceptors (Lipinski definition) is 8. The summed E-state index contributed by atoms with van der Waals surface area (Å²) in [5, 5.41) is 12.5. The van der Waals surface area contributed by atoms with Gasteiger partial charge in [-0.15, -0.1) is 0 Å². The second-order valence-electron chi connectivity index (χ2n) is 8.70. The van der Waals surface area contributed by atoms with Crippen molar-refractivity contribution in [2.75, 3.05) is 18.5 Å². The van der Waals surface area contributed by atoms with Gasteiger partial charge in [0, 0.05) is 11.6 Å². The van der Waals surface area contributed by atoms with Crippen molar-refractivity contribution in [3.05, 3.63) is 47.8 Å². The lowest BCUT2D eigenvalue weighted by atomic mass is 9.92. The van der Waals surface area contributed by atoms with Gasteiger partial charge < -0.3 is 14.8 Å². The first-order valence-electron chi connectivity index (χ1n) is 10.0. The second-order valence-corrected chi connectivity index (χ2v) is 10.4. The lowest BCUT2D eigenvalue weighted by Gasteiger charge is -2.21. The zero-order valence-electron chi connectivity index (χ0n) is 17.6. The number of benzene rings is 1. The van der Waals surface area contributed by atoms with Crippen LogP contribution < -0.4 is 10.0 Å². The Morgan fingerprint density at radius 3 is 2.48 bits per heavy atom. The Balaban J connectivity index is 1.46. The molecule has 1 aromatic heterocycles. The molecule has 164 valence electrons. The van der Waals surface area contributed by atoms with E-state index in [0.29, 0.717) is 12.6 Å². The quantitative estimate of drug-likeness (QED) is 0.713. The number of nitrogens with one attached hydrogen (secondary N) is 2. The molecule has 2 fully saturated rings. The summed E-state index contributed by atoms with van der Waals surface area (Å²) in [4.78, 5) is 8.82. The van der Waals surface area contributed by atoms with Crippen LogP contribution in [0.4, 0.5) is 5.95 Å². The van der Waals surface area contributed by atoms with Crippen LogP contribution in [0, 0.1) is 11.3 Å². The van der Waals surface area contributed by atoms with Crippen molar-refractivity contribution in [1.82, 2.24) is 14.7 Å². The Morgan fingerprint density at radius 1 is 1.10 bits per heavy atom. The van der Waals surface area contributed by atoms with Crippen LogP contribution in [0.15, 0.2) is 41.4 Å². The van der Waals surface area contributed by atoms with Crippen LogP contribution in [0.1, 0.15) is 32.0 Å². The van der Waals surface area contributed by atoms with Crippen LogP contribution in [0.25, 0.3) is 0 Å². The van der Waals surface area contributed by atoms with Gasteiger partial charge in [0.2, 0.25) is 16.0 Å². The predicted octanol–water partition coefficient (Wildman–Crippen LogP) is 1.57.